The molecule has 6 rings (SSSR count). The van der Waals surface area contributed by atoms with Crippen LogP contribution in [0.3, 0.4) is 0 Å². The number of anilines is 1. The lowest BCUT2D eigenvalue weighted by atomic mass is 9.81. The molecular weight excluding hydrogens is 490 g/mol. The Kier molecular flexibility index (Phi) is 6.48. The first kappa shape index (κ1) is 24.7. The van der Waals surface area contributed by atoms with E-state index in [4.69, 9.17) is 9.72 Å². The summed E-state index contributed by atoms with van der Waals surface area (Å²) in [5.74, 6) is 1.53. The van der Waals surface area contributed by atoms with Crippen LogP contribution in [0.25, 0.3) is 27.7 Å². The maximum Gasteiger partial charge on any atom is 0.243 e. The van der Waals surface area contributed by atoms with Crippen molar-refractivity contribution >= 4 is 28.3 Å². The first-order chi connectivity index (χ1) is 19.1. The van der Waals surface area contributed by atoms with Crippen molar-refractivity contribution in [1.29, 1.82) is 0 Å². The molecule has 0 radical (unpaired) electrons. The predicted octanol–water partition coefficient (Wildman–Crippen LogP) is 4.56. The van der Waals surface area contributed by atoms with Crippen molar-refractivity contribution in [2.75, 3.05) is 24.6 Å². The van der Waals surface area contributed by atoms with Crippen molar-refractivity contribution < 1.29 is 9.53 Å². The van der Waals surface area contributed by atoms with Crippen molar-refractivity contribution in [3.8, 4) is 16.9 Å². The van der Waals surface area contributed by atoms with Gasteiger partial charge in [-0.15, -0.1) is 5.10 Å². The van der Waals surface area contributed by atoms with E-state index in [1.807, 2.05) is 48.1 Å². The molecule has 0 spiro atoms. The quantitative estimate of drug-likeness (QED) is 0.291. The van der Waals surface area contributed by atoms with Crippen molar-refractivity contribution in [2.45, 2.75) is 31.7 Å². The van der Waals surface area contributed by atoms with Crippen LogP contribution in [0.15, 0.2) is 79.8 Å². The molecule has 0 aliphatic carbocycles. The number of amides is 1. The number of ether oxygens (including phenoxy) is 1. The molecule has 1 amide bonds. The lowest BCUT2D eigenvalue weighted by Crippen LogP contribution is -2.56. The fourth-order valence-electron chi connectivity index (χ4n) is 5.55. The number of nitrogens with one attached hydrogen (secondary N) is 2. The predicted molar refractivity (Wildman–Crippen MR) is 152 cm³/mol. The Labute approximate surface area is 226 Å². The summed E-state index contributed by atoms with van der Waals surface area (Å²) < 4.78 is 7.65. The highest BCUT2D eigenvalue weighted by Gasteiger charge is 2.36. The van der Waals surface area contributed by atoms with Crippen LogP contribution in [-0.4, -0.2) is 55.9 Å². The highest BCUT2D eigenvalue weighted by atomic mass is 16.5. The van der Waals surface area contributed by atoms with Crippen molar-refractivity contribution in [3.05, 3.63) is 85.3 Å². The van der Waals surface area contributed by atoms with E-state index in [9.17, 15) is 4.79 Å². The summed E-state index contributed by atoms with van der Waals surface area (Å²) in [7, 11) is 0. The molecule has 1 saturated heterocycles. The molecule has 198 valence electrons. The summed E-state index contributed by atoms with van der Waals surface area (Å²) >= 11 is 0. The molecule has 0 unspecified atom stereocenters. The lowest BCUT2D eigenvalue weighted by molar-refractivity contribution is -0.118. The van der Waals surface area contributed by atoms with E-state index in [1.165, 1.54) is 11.6 Å². The van der Waals surface area contributed by atoms with Crippen LogP contribution in [0.1, 0.15) is 25.3 Å². The summed E-state index contributed by atoms with van der Waals surface area (Å²) in [5.41, 5.74) is 4.54. The number of hydrogen-bond donors (Lipinski definition) is 2. The van der Waals surface area contributed by atoms with Gasteiger partial charge in [0, 0.05) is 36.0 Å². The number of carbonyl (C=O) groups is 1. The van der Waals surface area contributed by atoms with Gasteiger partial charge in [-0.3, -0.25) is 9.89 Å². The Bertz CT molecular complexity index is 1610. The van der Waals surface area contributed by atoms with Crippen molar-refractivity contribution in [1.82, 2.24) is 30.1 Å². The maximum absolute atomic E-state index is 12.3. The Morgan fingerprint density at radius 1 is 1.18 bits per heavy atom. The number of piperidine rings is 1. The van der Waals surface area contributed by atoms with E-state index in [0.29, 0.717) is 6.61 Å². The zero-order chi connectivity index (χ0) is 26.8. The van der Waals surface area contributed by atoms with Crippen LogP contribution in [0, 0.1) is 0 Å². The van der Waals surface area contributed by atoms with Gasteiger partial charge in [0.15, 0.2) is 5.65 Å². The van der Waals surface area contributed by atoms with Gasteiger partial charge in [-0.2, -0.15) is 5.10 Å². The largest absolute Gasteiger partial charge is 0.492 e. The van der Waals surface area contributed by atoms with Crippen LogP contribution in [-0.2, 0) is 11.2 Å². The molecule has 9 heteroatoms. The Balaban J connectivity index is 1.25. The molecule has 1 aliphatic heterocycles. The SMILES string of the molecule is C=CC(=O)NC1(Cc2ccccc2)CCN(c2ccc(-c3cc(OCC)cn4nc5[nH]ncc5c34)cn2)CC1. The first-order valence-electron chi connectivity index (χ1n) is 13.3. The van der Waals surface area contributed by atoms with Gasteiger partial charge in [-0.05, 0) is 56.0 Å². The number of rotatable bonds is 8. The summed E-state index contributed by atoms with van der Waals surface area (Å²) in [6, 6.07) is 16.5. The second kappa shape index (κ2) is 10.2. The third-order valence-electron chi connectivity index (χ3n) is 7.48. The topological polar surface area (TPSA) is 100 Å². The minimum absolute atomic E-state index is 0.131. The third kappa shape index (κ3) is 4.83. The number of H-pyrrole nitrogens is 1. The molecule has 4 aromatic heterocycles. The molecule has 2 N–H and O–H groups in total. The molecule has 5 aromatic rings. The normalized spacial score (nSPS) is 14.9. The maximum atomic E-state index is 12.3. The first-order valence-corrected chi connectivity index (χ1v) is 13.3. The van der Waals surface area contributed by atoms with Crippen LogP contribution >= 0.6 is 0 Å². The summed E-state index contributed by atoms with van der Waals surface area (Å²) in [6.07, 6.45) is 9.36. The average molecular weight is 522 g/mol. The minimum Gasteiger partial charge on any atom is -0.492 e. The van der Waals surface area contributed by atoms with Gasteiger partial charge in [0.25, 0.3) is 0 Å². The number of fused-ring (bicyclic) bond motifs is 3. The summed E-state index contributed by atoms with van der Waals surface area (Å²) in [4.78, 5) is 19.5. The Morgan fingerprint density at radius 3 is 2.72 bits per heavy atom. The van der Waals surface area contributed by atoms with Gasteiger partial charge < -0.3 is 15.0 Å². The second-order valence-electron chi connectivity index (χ2n) is 9.98. The van der Waals surface area contributed by atoms with Gasteiger partial charge >= 0.3 is 0 Å². The number of aromatic amines is 1. The fourth-order valence-corrected chi connectivity index (χ4v) is 5.55. The molecular formula is C30H31N7O2. The number of hydrogen-bond acceptors (Lipinski definition) is 6. The standard InChI is InChI=1S/C30H31N7O2/c1-3-27(38)33-30(17-21-8-6-5-7-9-21)12-14-36(15-13-30)26-11-10-22(18-31-26)24-16-23(39-4-2)20-37-28(24)25-19-32-34-29(25)35-37/h3,5-11,16,18-20H,1,4,12-15,17H2,2H3,(H,33,38)(H,34,35). The van der Waals surface area contributed by atoms with E-state index < -0.39 is 0 Å². The highest BCUT2D eigenvalue weighted by Crippen LogP contribution is 2.34. The van der Waals surface area contributed by atoms with Gasteiger partial charge in [0.2, 0.25) is 5.91 Å². The van der Waals surface area contributed by atoms with Gasteiger partial charge in [-0.1, -0.05) is 36.9 Å². The van der Waals surface area contributed by atoms with E-state index in [1.54, 1.807) is 6.20 Å². The average Bonchev–Trinajstić information content (AvgIpc) is 3.55. The van der Waals surface area contributed by atoms with E-state index in [2.05, 4.69) is 56.4 Å². The molecule has 1 fully saturated rings. The molecule has 9 nitrogen and oxygen atoms in total. The Hall–Kier alpha value is -4.66. The van der Waals surface area contributed by atoms with Gasteiger partial charge in [0.1, 0.15) is 11.6 Å². The molecule has 1 aliphatic rings. The Morgan fingerprint density at radius 2 is 2.00 bits per heavy atom. The van der Waals surface area contributed by atoms with E-state index in [-0.39, 0.29) is 11.4 Å². The monoisotopic (exact) mass is 521 g/mol. The van der Waals surface area contributed by atoms with Gasteiger partial charge in [-0.25, -0.2) is 9.50 Å². The fraction of sp³-hybridized carbons (Fsp3) is 0.267. The van der Waals surface area contributed by atoms with Crippen LogP contribution in [0.2, 0.25) is 0 Å². The molecule has 5 heterocycles. The zero-order valence-corrected chi connectivity index (χ0v) is 21.9. The lowest BCUT2D eigenvalue weighted by Gasteiger charge is -2.43. The molecule has 0 bridgehead atoms. The summed E-state index contributed by atoms with van der Waals surface area (Å²) in [5, 5.41) is 15.9. The van der Waals surface area contributed by atoms with E-state index >= 15 is 0 Å². The van der Waals surface area contributed by atoms with Crippen molar-refractivity contribution in [2.24, 2.45) is 0 Å². The van der Waals surface area contributed by atoms with E-state index in [0.717, 1.165) is 71.6 Å². The molecule has 1 aromatic carbocycles. The molecule has 0 saturated carbocycles. The second-order valence-corrected chi connectivity index (χ2v) is 9.98. The zero-order valence-electron chi connectivity index (χ0n) is 21.9. The third-order valence-corrected chi connectivity index (χ3v) is 7.48. The van der Waals surface area contributed by atoms with Crippen LogP contribution < -0.4 is 15.0 Å². The number of pyridine rings is 2. The minimum atomic E-state index is -0.313. The highest BCUT2D eigenvalue weighted by molar-refractivity contribution is 6.00. The van der Waals surface area contributed by atoms with Gasteiger partial charge in [0.05, 0.1) is 29.9 Å². The number of nitrogens with zero attached hydrogens (tertiary/aromatic N) is 5. The number of carbonyl (C=O) groups excluding carboxylic acids is 1. The molecule has 39 heavy (non-hydrogen) atoms. The van der Waals surface area contributed by atoms with Crippen LogP contribution in [0.4, 0.5) is 5.82 Å². The van der Waals surface area contributed by atoms with Crippen molar-refractivity contribution in [3.63, 3.8) is 0 Å². The number of benzene rings is 1. The number of aromatic nitrogens is 5. The smallest absolute Gasteiger partial charge is 0.243 e. The summed E-state index contributed by atoms with van der Waals surface area (Å²) in [6.45, 7) is 7.77. The van der Waals surface area contributed by atoms with Crippen LogP contribution in [0.5, 0.6) is 5.75 Å². The molecule has 0 atom stereocenters.